The molecule has 7 heteroatoms. The molecule has 7 nitrogen and oxygen atoms in total. The number of carbonyl (C=O) groups excluding carboxylic acids is 2. The van der Waals surface area contributed by atoms with Crippen LogP contribution in [0.1, 0.15) is 17.3 Å². The van der Waals surface area contributed by atoms with Crippen molar-refractivity contribution >= 4 is 28.5 Å². The van der Waals surface area contributed by atoms with Crippen molar-refractivity contribution < 1.29 is 19.1 Å². The number of H-pyrrole nitrogens is 1. The molecule has 1 aromatic heterocycles. The van der Waals surface area contributed by atoms with Crippen LogP contribution >= 0.6 is 0 Å². The van der Waals surface area contributed by atoms with Gasteiger partial charge in [-0.1, -0.05) is 30.3 Å². The lowest BCUT2D eigenvalue weighted by atomic mass is 10.1. The fourth-order valence-corrected chi connectivity index (χ4v) is 2.62. The minimum absolute atomic E-state index is 0.108. The molecule has 3 aromatic rings. The van der Waals surface area contributed by atoms with Gasteiger partial charge in [-0.25, -0.2) is 4.79 Å². The van der Waals surface area contributed by atoms with Crippen molar-refractivity contribution in [1.82, 2.24) is 4.98 Å². The zero-order chi connectivity index (χ0) is 19.2. The Morgan fingerprint density at radius 3 is 2.63 bits per heavy atom. The van der Waals surface area contributed by atoms with Gasteiger partial charge in [0.15, 0.2) is 6.61 Å². The van der Waals surface area contributed by atoms with Gasteiger partial charge in [0.1, 0.15) is 5.75 Å². The molecule has 0 radical (unpaired) electrons. The molecule has 0 bridgehead atoms. The molecule has 0 spiro atoms. The highest BCUT2D eigenvalue weighted by Gasteiger charge is 2.15. The molecule has 138 valence electrons. The SMILES string of the molecule is CCOc1ccccc1NC(=O)COC(=O)c1cc(=O)[nH]c2ccccc12. The van der Waals surface area contributed by atoms with E-state index >= 15 is 0 Å². The van der Waals surface area contributed by atoms with E-state index in [-0.39, 0.29) is 5.56 Å². The Morgan fingerprint density at radius 1 is 1.07 bits per heavy atom. The molecule has 1 heterocycles. The Hall–Kier alpha value is -3.61. The summed E-state index contributed by atoms with van der Waals surface area (Å²) < 4.78 is 10.5. The van der Waals surface area contributed by atoms with Crippen molar-refractivity contribution in [2.75, 3.05) is 18.5 Å². The number of fused-ring (bicyclic) bond motifs is 1. The summed E-state index contributed by atoms with van der Waals surface area (Å²) in [6.07, 6.45) is 0. The Balaban J connectivity index is 1.70. The van der Waals surface area contributed by atoms with E-state index < -0.39 is 24.0 Å². The third-order valence-electron chi connectivity index (χ3n) is 3.77. The average molecular weight is 366 g/mol. The van der Waals surface area contributed by atoms with Gasteiger partial charge < -0.3 is 19.8 Å². The zero-order valence-corrected chi connectivity index (χ0v) is 14.7. The number of nitrogens with one attached hydrogen (secondary N) is 2. The summed E-state index contributed by atoms with van der Waals surface area (Å²) in [6, 6.07) is 15.0. The Bertz CT molecular complexity index is 1040. The van der Waals surface area contributed by atoms with Gasteiger partial charge in [0.05, 0.1) is 17.9 Å². The van der Waals surface area contributed by atoms with E-state index in [2.05, 4.69) is 10.3 Å². The first-order valence-electron chi connectivity index (χ1n) is 8.39. The lowest BCUT2D eigenvalue weighted by molar-refractivity contribution is -0.119. The molecule has 0 aliphatic carbocycles. The van der Waals surface area contributed by atoms with E-state index in [1.54, 1.807) is 48.5 Å². The minimum atomic E-state index is -0.745. The summed E-state index contributed by atoms with van der Waals surface area (Å²) in [4.78, 5) is 38.9. The molecule has 3 rings (SSSR count). The number of aromatic amines is 1. The maximum atomic E-state index is 12.4. The largest absolute Gasteiger partial charge is 0.492 e. The van der Waals surface area contributed by atoms with Crippen LogP contribution in [0, 0.1) is 0 Å². The fraction of sp³-hybridized carbons (Fsp3) is 0.150. The highest BCUT2D eigenvalue weighted by atomic mass is 16.5. The van der Waals surface area contributed by atoms with Gasteiger partial charge in [0.2, 0.25) is 5.56 Å². The van der Waals surface area contributed by atoms with Crippen LogP contribution in [-0.4, -0.2) is 30.1 Å². The predicted molar refractivity (Wildman–Crippen MR) is 101 cm³/mol. The third-order valence-corrected chi connectivity index (χ3v) is 3.77. The van der Waals surface area contributed by atoms with E-state index in [9.17, 15) is 14.4 Å². The first kappa shape index (κ1) is 18.2. The minimum Gasteiger partial charge on any atom is -0.492 e. The van der Waals surface area contributed by atoms with E-state index in [0.717, 1.165) is 6.07 Å². The molecule has 0 aliphatic rings. The number of aromatic nitrogens is 1. The van der Waals surface area contributed by atoms with Crippen molar-refractivity contribution in [2.24, 2.45) is 0 Å². The van der Waals surface area contributed by atoms with E-state index in [0.29, 0.717) is 28.9 Å². The van der Waals surface area contributed by atoms with Crippen LogP contribution in [-0.2, 0) is 9.53 Å². The molecule has 0 aliphatic heterocycles. The van der Waals surface area contributed by atoms with Gasteiger partial charge in [0, 0.05) is 17.0 Å². The van der Waals surface area contributed by atoms with Crippen LogP contribution in [0.25, 0.3) is 10.9 Å². The molecule has 1 amide bonds. The molecular weight excluding hydrogens is 348 g/mol. The molecule has 0 saturated heterocycles. The van der Waals surface area contributed by atoms with Crippen LogP contribution in [0.4, 0.5) is 5.69 Å². The molecule has 0 unspecified atom stereocenters. The number of anilines is 1. The normalized spacial score (nSPS) is 10.4. The molecule has 0 fully saturated rings. The second kappa shape index (κ2) is 8.18. The summed E-state index contributed by atoms with van der Waals surface area (Å²) in [6.45, 7) is 1.81. The smallest absolute Gasteiger partial charge is 0.339 e. The van der Waals surface area contributed by atoms with Gasteiger partial charge in [-0.05, 0) is 25.1 Å². The number of amides is 1. The van der Waals surface area contributed by atoms with E-state index in [1.807, 2.05) is 6.92 Å². The maximum absolute atomic E-state index is 12.4. The van der Waals surface area contributed by atoms with Crippen LogP contribution in [0.15, 0.2) is 59.4 Å². The fourth-order valence-electron chi connectivity index (χ4n) is 2.62. The quantitative estimate of drug-likeness (QED) is 0.654. The van der Waals surface area contributed by atoms with Crippen LogP contribution in [0.5, 0.6) is 5.75 Å². The van der Waals surface area contributed by atoms with E-state index in [4.69, 9.17) is 9.47 Å². The first-order chi connectivity index (χ1) is 13.1. The molecule has 0 saturated carbocycles. The number of carbonyl (C=O) groups is 2. The monoisotopic (exact) mass is 366 g/mol. The number of para-hydroxylation sites is 3. The Morgan fingerprint density at radius 2 is 1.81 bits per heavy atom. The number of ether oxygens (including phenoxy) is 2. The third kappa shape index (κ3) is 4.33. The Kier molecular flexibility index (Phi) is 5.51. The summed E-state index contributed by atoms with van der Waals surface area (Å²) in [7, 11) is 0. The highest BCUT2D eigenvalue weighted by Crippen LogP contribution is 2.23. The van der Waals surface area contributed by atoms with Crippen LogP contribution < -0.4 is 15.6 Å². The number of esters is 1. The van der Waals surface area contributed by atoms with Crippen molar-refractivity contribution in [2.45, 2.75) is 6.92 Å². The summed E-state index contributed by atoms with van der Waals surface area (Å²) in [5, 5.41) is 3.19. The van der Waals surface area contributed by atoms with Gasteiger partial charge in [-0.15, -0.1) is 0 Å². The van der Waals surface area contributed by atoms with Crippen molar-refractivity contribution in [3.63, 3.8) is 0 Å². The summed E-state index contributed by atoms with van der Waals surface area (Å²) in [5.41, 5.74) is 0.696. The summed E-state index contributed by atoms with van der Waals surface area (Å²) in [5.74, 6) is -0.726. The summed E-state index contributed by atoms with van der Waals surface area (Å²) >= 11 is 0. The molecule has 2 N–H and O–H groups in total. The number of pyridine rings is 1. The van der Waals surface area contributed by atoms with Gasteiger partial charge in [-0.3, -0.25) is 9.59 Å². The lowest BCUT2D eigenvalue weighted by Gasteiger charge is -2.11. The molecule has 2 aromatic carbocycles. The number of rotatable bonds is 6. The number of hydrogen-bond acceptors (Lipinski definition) is 5. The maximum Gasteiger partial charge on any atom is 0.339 e. The molecule has 0 atom stereocenters. The van der Waals surface area contributed by atoms with Crippen LogP contribution in [0.2, 0.25) is 0 Å². The van der Waals surface area contributed by atoms with Gasteiger partial charge in [-0.2, -0.15) is 0 Å². The lowest BCUT2D eigenvalue weighted by Crippen LogP contribution is -2.22. The average Bonchev–Trinajstić information content (AvgIpc) is 2.67. The first-order valence-corrected chi connectivity index (χ1v) is 8.39. The second-order valence-corrected chi connectivity index (χ2v) is 5.65. The highest BCUT2D eigenvalue weighted by molar-refractivity contribution is 6.04. The number of hydrogen-bond donors (Lipinski definition) is 2. The van der Waals surface area contributed by atoms with Crippen molar-refractivity contribution in [1.29, 1.82) is 0 Å². The zero-order valence-electron chi connectivity index (χ0n) is 14.7. The predicted octanol–water partition coefficient (Wildman–Crippen LogP) is 2.72. The number of benzene rings is 2. The van der Waals surface area contributed by atoms with Gasteiger partial charge >= 0.3 is 5.97 Å². The molecular formula is C20H18N2O5. The van der Waals surface area contributed by atoms with Crippen molar-refractivity contribution in [3.05, 3.63) is 70.5 Å². The molecule has 27 heavy (non-hydrogen) atoms. The second-order valence-electron chi connectivity index (χ2n) is 5.65. The van der Waals surface area contributed by atoms with Crippen LogP contribution in [0.3, 0.4) is 0 Å². The van der Waals surface area contributed by atoms with E-state index in [1.165, 1.54) is 0 Å². The Labute approximate surface area is 154 Å². The topological polar surface area (TPSA) is 97.5 Å². The van der Waals surface area contributed by atoms with Gasteiger partial charge in [0.25, 0.3) is 5.91 Å². The standard InChI is InChI=1S/C20H18N2O5/c1-2-26-17-10-6-5-9-16(17)22-19(24)12-27-20(25)14-11-18(23)21-15-8-4-3-7-13(14)15/h3-11H,2,12H2,1H3,(H,21,23)(H,22,24). The van der Waals surface area contributed by atoms with Crippen molar-refractivity contribution in [3.8, 4) is 5.75 Å².